The topological polar surface area (TPSA) is 52.6 Å². The van der Waals surface area contributed by atoms with Crippen LogP contribution in [0, 0.1) is 23.7 Å². The molecule has 4 rings (SSSR count). The van der Waals surface area contributed by atoms with Crippen LogP contribution in [0.15, 0.2) is 12.2 Å². The molecule has 4 aliphatic carbocycles. The summed E-state index contributed by atoms with van der Waals surface area (Å²) in [7, 11) is 0. The normalized spacial score (nSPS) is 36.4. The standard InChI is InChI=1S/C23H34O4/c1-22(11-5-3-6-12-22)26-20(24)18-16-9-10-17(15-16)19(18)21(25)27-23(2)13-7-4-8-14-23/h9-10,16-19H,3-8,11-15H2,1-2H3. The second-order valence-corrected chi connectivity index (χ2v) is 9.86. The molecule has 0 N–H and O–H groups in total. The van der Waals surface area contributed by atoms with E-state index >= 15 is 0 Å². The Bertz CT molecular complexity index is 558. The molecule has 4 nitrogen and oxygen atoms in total. The molecular formula is C23H34O4. The van der Waals surface area contributed by atoms with Crippen LogP contribution in [0.1, 0.15) is 84.5 Å². The molecular weight excluding hydrogens is 340 g/mol. The molecule has 3 fully saturated rings. The van der Waals surface area contributed by atoms with E-state index in [9.17, 15) is 9.59 Å². The number of rotatable bonds is 4. The maximum absolute atomic E-state index is 13.1. The van der Waals surface area contributed by atoms with Gasteiger partial charge in [0.15, 0.2) is 0 Å². The summed E-state index contributed by atoms with van der Waals surface area (Å²) in [5, 5.41) is 0. The SMILES string of the molecule is CC1(OC(=O)C2C3C=CC(C3)C2C(=O)OC2(C)CCCCC2)CCCCC1. The van der Waals surface area contributed by atoms with Crippen LogP contribution in [-0.2, 0) is 19.1 Å². The summed E-state index contributed by atoms with van der Waals surface area (Å²) in [4.78, 5) is 26.3. The maximum atomic E-state index is 13.1. The minimum atomic E-state index is -0.363. The number of carbonyl (C=O) groups is 2. The number of esters is 2. The van der Waals surface area contributed by atoms with E-state index in [0.717, 1.165) is 57.8 Å². The summed E-state index contributed by atoms with van der Waals surface area (Å²) in [6, 6.07) is 0. The van der Waals surface area contributed by atoms with Gasteiger partial charge in [-0.3, -0.25) is 9.59 Å². The molecule has 4 atom stereocenters. The second-order valence-electron chi connectivity index (χ2n) is 9.86. The molecule has 0 amide bonds. The smallest absolute Gasteiger partial charge is 0.310 e. The van der Waals surface area contributed by atoms with Gasteiger partial charge in [-0.05, 0) is 83.5 Å². The van der Waals surface area contributed by atoms with Gasteiger partial charge in [0, 0.05) is 0 Å². The molecule has 4 unspecified atom stereocenters. The Labute approximate surface area is 163 Å². The number of fused-ring (bicyclic) bond motifs is 2. The Balaban J connectivity index is 1.46. The fourth-order valence-corrected chi connectivity index (χ4v) is 5.89. The third-order valence-corrected chi connectivity index (χ3v) is 7.52. The Morgan fingerprint density at radius 1 is 0.704 bits per heavy atom. The van der Waals surface area contributed by atoms with E-state index in [-0.39, 0.29) is 46.8 Å². The number of ether oxygens (including phenoxy) is 2. The molecule has 0 aromatic heterocycles. The van der Waals surface area contributed by atoms with Gasteiger partial charge in [0.2, 0.25) is 0 Å². The molecule has 0 spiro atoms. The summed E-state index contributed by atoms with van der Waals surface area (Å²) in [5.41, 5.74) is -0.713. The Morgan fingerprint density at radius 3 is 1.44 bits per heavy atom. The quantitative estimate of drug-likeness (QED) is 0.516. The van der Waals surface area contributed by atoms with Gasteiger partial charge in [0.05, 0.1) is 11.8 Å². The monoisotopic (exact) mass is 374 g/mol. The summed E-state index contributed by atoms with van der Waals surface area (Å²) < 4.78 is 12.1. The fraction of sp³-hybridized carbons (Fsp3) is 0.826. The molecule has 4 aliphatic rings. The maximum Gasteiger partial charge on any atom is 0.310 e. The Morgan fingerprint density at radius 2 is 1.07 bits per heavy atom. The highest BCUT2D eigenvalue weighted by atomic mass is 16.6. The van der Waals surface area contributed by atoms with Crippen LogP contribution >= 0.6 is 0 Å². The molecule has 4 heteroatoms. The van der Waals surface area contributed by atoms with Crippen molar-refractivity contribution in [2.75, 3.05) is 0 Å². The molecule has 0 saturated heterocycles. The first-order valence-electron chi connectivity index (χ1n) is 11.0. The van der Waals surface area contributed by atoms with Crippen LogP contribution in [0.3, 0.4) is 0 Å². The Kier molecular flexibility index (Phi) is 5.11. The van der Waals surface area contributed by atoms with Crippen LogP contribution in [0.5, 0.6) is 0 Å². The van der Waals surface area contributed by atoms with Crippen molar-refractivity contribution in [3.05, 3.63) is 12.2 Å². The van der Waals surface area contributed by atoms with Crippen molar-refractivity contribution in [2.45, 2.75) is 95.7 Å². The lowest BCUT2D eigenvalue weighted by molar-refractivity contribution is -0.180. The van der Waals surface area contributed by atoms with Crippen LogP contribution in [-0.4, -0.2) is 23.1 Å². The molecule has 0 heterocycles. The van der Waals surface area contributed by atoms with Gasteiger partial charge in [0.25, 0.3) is 0 Å². The van der Waals surface area contributed by atoms with E-state index in [4.69, 9.17) is 9.47 Å². The molecule has 2 bridgehead atoms. The number of carbonyl (C=O) groups excluding carboxylic acids is 2. The fourth-order valence-electron chi connectivity index (χ4n) is 5.89. The summed E-state index contributed by atoms with van der Waals surface area (Å²) in [5.74, 6) is -0.811. The van der Waals surface area contributed by atoms with Gasteiger partial charge < -0.3 is 9.47 Å². The van der Waals surface area contributed by atoms with Crippen molar-refractivity contribution < 1.29 is 19.1 Å². The number of hydrogen-bond donors (Lipinski definition) is 0. The average molecular weight is 375 g/mol. The lowest BCUT2D eigenvalue weighted by Crippen LogP contribution is -2.43. The van der Waals surface area contributed by atoms with Crippen molar-refractivity contribution in [1.82, 2.24) is 0 Å². The second kappa shape index (κ2) is 7.25. The van der Waals surface area contributed by atoms with Gasteiger partial charge >= 0.3 is 11.9 Å². The van der Waals surface area contributed by atoms with Crippen LogP contribution in [0.25, 0.3) is 0 Å². The largest absolute Gasteiger partial charge is 0.459 e. The number of allylic oxidation sites excluding steroid dienone is 2. The molecule has 3 saturated carbocycles. The molecule has 27 heavy (non-hydrogen) atoms. The summed E-state index contributed by atoms with van der Waals surface area (Å²) in [6.07, 6.45) is 15.7. The zero-order valence-corrected chi connectivity index (χ0v) is 16.9. The van der Waals surface area contributed by atoms with Gasteiger partial charge in [-0.2, -0.15) is 0 Å². The number of hydrogen-bond acceptors (Lipinski definition) is 4. The first kappa shape index (κ1) is 19.0. The van der Waals surface area contributed by atoms with Gasteiger partial charge in [0.1, 0.15) is 11.2 Å². The van der Waals surface area contributed by atoms with Crippen LogP contribution in [0.2, 0.25) is 0 Å². The molecule has 150 valence electrons. The van der Waals surface area contributed by atoms with Crippen molar-refractivity contribution in [3.8, 4) is 0 Å². The highest BCUT2D eigenvalue weighted by Crippen LogP contribution is 2.50. The zero-order chi connectivity index (χ0) is 19.1. The van der Waals surface area contributed by atoms with Crippen LogP contribution < -0.4 is 0 Å². The Hall–Kier alpha value is -1.32. The van der Waals surface area contributed by atoms with E-state index in [1.54, 1.807) is 0 Å². The van der Waals surface area contributed by atoms with E-state index in [1.807, 2.05) is 0 Å². The predicted octanol–water partition coefficient (Wildman–Crippen LogP) is 4.96. The van der Waals surface area contributed by atoms with Crippen molar-refractivity contribution in [1.29, 1.82) is 0 Å². The van der Waals surface area contributed by atoms with E-state index in [2.05, 4.69) is 26.0 Å². The van der Waals surface area contributed by atoms with Crippen molar-refractivity contribution in [3.63, 3.8) is 0 Å². The van der Waals surface area contributed by atoms with E-state index < -0.39 is 0 Å². The minimum absolute atomic E-state index is 0.131. The average Bonchev–Trinajstić information content (AvgIpc) is 3.23. The predicted molar refractivity (Wildman–Crippen MR) is 103 cm³/mol. The van der Waals surface area contributed by atoms with E-state index in [0.29, 0.717) is 0 Å². The first-order valence-corrected chi connectivity index (χ1v) is 11.0. The molecule has 0 aromatic carbocycles. The lowest BCUT2D eigenvalue weighted by atomic mass is 9.81. The highest BCUT2D eigenvalue weighted by Gasteiger charge is 2.54. The highest BCUT2D eigenvalue weighted by molar-refractivity contribution is 5.85. The van der Waals surface area contributed by atoms with Crippen LogP contribution in [0.4, 0.5) is 0 Å². The minimum Gasteiger partial charge on any atom is -0.459 e. The summed E-state index contributed by atoms with van der Waals surface area (Å²) >= 11 is 0. The molecule has 0 aliphatic heterocycles. The van der Waals surface area contributed by atoms with Crippen molar-refractivity contribution >= 4 is 11.9 Å². The summed E-state index contributed by atoms with van der Waals surface area (Å²) in [6.45, 7) is 4.12. The third kappa shape index (κ3) is 3.82. The lowest BCUT2D eigenvalue weighted by Gasteiger charge is -2.37. The van der Waals surface area contributed by atoms with Gasteiger partial charge in [-0.1, -0.05) is 25.0 Å². The first-order chi connectivity index (χ1) is 12.9. The van der Waals surface area contributed by atoms with Gasteiger partial charge in [-0.25, -0.2) is 0 Å². The van der Waals surface area contributed by atoms with E-state index in [1.165, 1.54) is 12.8 Å². The molecule has 0 aromatic rings. The zero-order valence-electron chi connectivity index (χ0n) is 16.9. The molecule has 0 radical (unpaired) electrons. The third-order valence-electron chi connectivity index (χ3n) is 7.52. The van der Waals surface area contributed by atoms with Crippen molar-refractivity contribution in [2.24, 2.45) is 23.7 Å². The van der Waals surface area contributed by atoms with Gasteiger partial charge in [-0.15, -0.1) is 0 Å².